The number of halogens is 4. The number of benzene rings is 1. The van der Waals surface area contributed by atoms with Crippen molar-refractivity contribution in [2.75, 3.05) is 0 Å². The summed E-state index contributed by atoms with van der Waals surface area (Å²) in [4.78, 5) is 9.60. The molecule has 0 fully saturated rings. The molecule has 3 rings (SSSR count). The highest BCUT2D eigenvalue weighted by Gasteiger charge is 2.35. The van der Waals surface area contributed by atoms with Gasteiger partial charge in [-0.1, -0.05) is 6.07 Å². The van der Waals surface area contributed by atoms with Crippen LogP contribution in [0.1, 0.15) is 11.1 Å². The summed E-state index contributed by atoms with van der Waals surface area (Å²) in [5.74, 6) is 0. The molecule has 0 amide bonds. The Hall–Kier alpha value is -1.94. The number of aromatic nitrogens is 3. The SMILES string of the molecule is Cc1ccc(Br)c(S(=O)(=O)c2nc3nccc(C(F)(F)F)c3[nH]2)c1. The fraction of sp³-hybridized carbons (Fsp3) is 0.143. The van der Waals surface area contributed by atoms with Crippen LogP contribution in [0.25, 0.3) is 11.2 Å². The van der Waals surface area contributed by atoms with Crippen molar-refractivity contribution in [1.29, 1.82) is 0 Å². The molecule has 1 aromatic carbocycles. The van der Waals surface area contributed by atoms with Gasteiger partial charge in [-0.3, -0.25) is 0 Å². The molecule has 1 N–H and O–H groups in total. The molecule has 5 nitrogen and oxygen atoms in total. The van der Waals surface area contributed by atoms with Crippen LogP contribution in [0.15, 0.2) is 45.0 Å². The first-order valence-electron chi connectivity index (χ1n) is 6.54. The molecule has 0 spiro atoms. The summed E-state index contributed by atoms with van der Waals surface area (Å²) >= 11 is 3.14. The summed E-state index contributed by atoms with van der Waals surface area (Å²) in [6.45, 7) is 1.70. The number of imidazole rings is 1. The molecular weight excluding hydrogens is 411 g/mol. The zero-order valence-electron chi connectivity index (χ0n) is 12.0. The first kappa shape index (κ1) is 16.9. The van der Waals surface area contributed by atoms with Crippen molar-refractivity contribution in [2.45, 2.75) is 23.2 Å². The topological polar surface area (TPSA) is 75.7 Å². The predicted octanol–water partition coefficient (Wildman–Crippen LogP) is 3.88. The zero-order valence-corrected chi connectivity index (χ0v) is 14.4. The van der Waals surface area contributed by atoms with Crippen molar-refractivity contribution in [3.63, 3.8) is 0 Å². The van der Waals surface area contributed by atoms with E-state index in [-0.39, 0.29) is 15.0 Å². The summed E-state index contributed by atoms with van der Waals surface area (Å²) in [7, 11) is -4.14. The Morgan fingerprint density at radius 2 is 1.92 bits per heavy atom. The summed E-state index contributed by atoms with van der Waals surface area (Å²) in [6, 6.07) is 5.42. The minimum absolute atomic E-state index is 0.0879. The predicted molar refractivity (Wildman–Crippen MR) is 83.2 cm³/mol. The maximum absolute atomic E-state index is 13.0. The quantitative estimate of drug-likeness (QED) is 0.683. The zero-order chi connectivity index (χ0) is 17.7. The number of H-pyrrole nitrogens is 1. The standard InChI is InChI=1S/C14H9BrF3N3O2S/c1-7-2-3-9(15)10(6-7)24(22,23)13-20-11-8(14(16,17)18)4-5-19-12(11)21-13/h2-6H,1H3,(H,19,20,21). The van der Waals surface area contributed by atoms with Gasteiger partial charge in [0.1, 0.15) is 0 Å². The van der Waals surface area contributed by atoms with Gasteiger partial charge >= 0.3 is 6.18 Å². The van der Waals surface area contributed by atoms with E-state index in [0.717, 1.165) is 12.3 Å². The molecule has 0 aliphatic carbocycles. The van der Waals surface area contributed by atoms with Gasteiger partial charge in [0.25, 0.3) is 0 Å². The Labute approximate surface area is 143 Å². The van der Waals surface area contributed by atoms with Gasteiger partial charge in [-0.05, 0) is 46.6 Å². The van der Waals surface area contributed by atoms with Crippen LogP contribution in [-0.4, -0.2) is 23.4 Å². The third-order valence-corrected chi connectivity index (χ3v) is 5.88. The smallest absolute Gasteiger partial charge is 0.327 e. The molecule has 0 aliphatic heterocycles. The average Bonchev–Trinajstić information content (AvgIpc) is 2.93. The maximum Gasteiger partial charge on any atom is 0.418 e. The highest BCUT2D eigenvalue weighted by atomic mass is 79.9. The fourth-order valence-corrected chi connectivity index (χ4v) is 4.38. The molecule has 0 aliphatic rings. The van der Waals surface area contributed by atoms with Gasteiger partial charge in [-0.2, -0.15) is 18.2 Å². The molecule has 24 heavy (non-hydrogen) atoms. The molecule has 0 bridgehead atoms. The van der Waals surface area contributed by atoms with Crippen LogP contribution in [0.5, 0.6) is 0 Å². The molecule has 0 unspecified atom stereocenters. The lowest BCUT2D eigenvalue weighted by Gasteiger charge is -2.06. The average molecular weight is 420 g/mol. The van der Waals surface area contributed by atoms with E-state index in [1.165, 1.54) is 6.07 Å². The van der Waals surface area contributed by atoms with Gasteiger partial charge in [0.15, 0.2) is 5.65 Å². The Balaban J connectivity index is 2.25. The van der Waals surface area contributed by atoms with E-state index in [9.17, 15) is 21.6 Å². The number of alkyl halides is 3. The Morgan fingerprint density at radius 1 is 1.21 bits per heavy atom. The second-order valence-corrected chi connectivity index (χ2v) is 7.72. The van der Waals surface area contributed by atoms with E-state index < -0.39 is 32.3 Å². The Kier molecular flexibility index (Phi) is 3.91. The Morgan fingerprint density at radius 3 is 2.58 bits per heavy atom. The number of sulfone groups is 1. The van der Waals surface area contributed by atoms with Crippen LogP contribution in [0.4, 0.5) is 13.2 Å². The molecule has 0 saturated carbocycles. The van der Waals surface area contributed by atoms with Crippen LogP contribution in [0, 0.1) is 6.92 Å². The van der Waals surface area contributed by atoms with Gasteiger partial charge in [-0.25, -0.2) is 13.4 Å². The lowest BCUT2D eigenvalue weighted by Crippen LogP contribution is -2.07. The second-order valence-electron chi connectivity index (χ2n) is 5.03. The second kappa shape index (κ2) is 5.55. The number of hydrogen-bond donors (Lipinski definition) is 1. The van der Waals surface area contributed by atoms with Gasteiger partial charge in [0, 0.05) is 10.7 Å². The first-order valence-corrected chi connectivity index (χ1v) is 8.81. The molecule has 0 atom stereocenters. The number of aromatic amines is 1. The first-order chi connectivity index (χ1) is 11.1. The van der Waals surface area contributed by atoms with Gasteiger partial charge in [0.2, 0.25) is 15.0 Å². The van der Waals surface area contributed by atoms with Gasteiger partial charge in [0.05, 0.1) is 16.0 Å². The fourth-order valence-electron chi connectivity index (χ4n) is 2.17. The number of aryl methyl sites for hydroxylation is 1. The largest absolute Gasteiger partial charge is 0.418 e. The normalized spacial score (nSPS) is 12.7. The lowest BCUT2D eigenvalue weighted by molar-refractivity contribution is -0.136. The van der Waals surface area contributed by atoms with Crippen molar-refractivity contribution in [3.05, 3.63) is 46.1 Å². The summed E-state index contributed by atoms with van der Waals surface area (Å²) < 4.78 is 64.8. The molecule has 126 valence electrons. The van der Waals surface area contributed by atoms with Crippen molar-refractivity contribution < 1.29 is 21.6 Å². The number of nitrogens with one attached hydrogen (secondary N) is 1. The van der Waals surface area contributed by atoms with Crippen LogP contribution >= 0.6 is 15.9 Å². The monoisotopic (exact) mass is 419 g/mol. The number of nitrogens with zero attached hydrogens (tertiary/aromatic N) is 2. The molecule has 0 saturated heterocycles. The number of pyridine rings is 1. The summed E-state index contributed by atoms with van der Waals surface area (Å²) in [5, 5.41) is -0.590. The summed E-state index contributed by atoms with van der Waals surface area (Å²) in [6.07, 6.45) is -3.72. The minimum atomic E-state index is -4.65. The van der Waals surface area contributed by atoms with Crippen molar-refractivity contribution in [2.24, 2.45) is 0 Å². The van der Waals surface area contributed by atoms with E-state index >= 15 is 0 Å². The van der Waals surface area contributed by atoms with E-state index in [0.29, 0.717) is 5.56 Å². The summed E-state index contributed by atoms with van der Waals surface area (Å²) in [5.41, 5.74) is -1.12. The van der Waals surface area contributed by atoms with Gasteiger partial charge in [-0.15, -0.1) is 0 Å². The number of fused-ring (bicyclic) bond motifs is 1. The molecule has 3 aromatic rings. The van der Waals surface area contributed by atoms with E-state index in [4.69, 9.17) is 0 Å². The molecule has 10 heteroatoms. The number of rotatable bonds is 2. The van der Waals surface area contributed by atoms with Gasteiger partial charge < -0.3 is 4.98 Å². The van der Waals surface area contributed by atoms with E-state index in [1.807, 2.05) is 0 Å². The minimum Gasteiger partial charge on any atom is -0.327 e. The molecule has 2 heterocycles. The van der Waals surface area contributed by atoms with Crippen LogP contribution in [-0.2, 0) is 16.0 Å². The van der Waals surface area contributed by atoms with Crippen LogP contribution in [0.3, 0.4) is 0 Å². The third kappa shape index (κ3) is 2.80. The van der Waals surface area contributed by atoms with Crippen molar-refractivity contribution in [3.8, 4) is 0 Å². The van der Waals surface area contributed by atoms with E-state index in [2.05, 4.69) is 30.9 Å². The third-order valence-electron chi connectivity index (χ3n) is 3.31. The number of hydrogen-bond acceptors (Lipinski definition) is 4. The Bertz CT molecular complexity index is 1050. The maximum atomic E-state index is 13.0. The van der Waals surface area contributed by atoms with E-state index in [1.54, 1.807) is 19.1 Å². The van der Waals surface area contributed by atoms with Crippen molar-refractivity contribution in [1.82, 2.24) is 15.0 Å². The van der Waals surface area contributed by atoms with Crippen LogP contribution in [0.2, 0.25) is 0 Å². The highest BCUT2D eigenvalue weighted by molar-refractivity contribution is 9.10. The molecule has 0 radical (unpaired) electrons. The van der Waals surface area contributed by atoms with Crippen LogP contribution < -0.4 is 0 Å². The lowest BCUT2D eigenvalue weighted by atomic mass is 10.2. The molecule has 2 aromatic heterocycles. The van der Waals surface area contributed by atoms with Crippen molar-refractivity contribution >= 4 is 36.9 Å². The highest BCUT2D eigenvalue weighted by Crippen LogP contribution is 2.34. The molecular formula is C14H9BrF3N3O2S.